The van der Waals surface area contributed by atoms with Crippen LogP contribution < -0.4 is 5.43 Å². The highest BCUT2D eigenvalue weighted by molar-refractivity contribution is 7.46. The summed E-state index contributed by atoms with van der Waals surface area (Å²) in [4.78, 5) is 55.7. The van der Waals surface area contributed by atoms with E-state index >= 15 is 0 Å². The summed E-state index contributed by atoms with van der Waals surface area (Å²) in [6.07, 6.45) is 0.232. The number of carbonyl (C=O) groups excluding carboxylic acids is 2. The van der Waals surface area contributed by atoms with Crippen molar-refractivity contribution in [3.05, 3.63) is 41.0 Å². The van der Waals surface area contributed by atoms with Gasteiger partial charge in [0.25, 0.3) is 0 Å². The van der Waals surface area contributed by atoms with Crippen molar-refractivity contribution in [2.24, 2.45) is 10.1 Å². The Morgan fingerprint density at radius 1 is 1.33 bits per heavy atom. The van der Waals surface area contributed by atoms with Gasteiger partial charge < -0.3 is 14.9 Å². The van der Waals surface area contributed by atoms with Crippen LogP contribution in [0.3, 0.4) is 0 Å². The van der Waals surface area contributed by atoms with Crippen molar-refractivity contribution < 1.29 is 38.4 Å². The van der Waals surface area contributed by atoms with E-state index in [-0.39, 0.29) is 34.5 Å². The molecular weight excluding hydrogens is 381 g/mol. The number of dihydropyridines is 1. The predicted molar refractivity (Wildman–Crippen MR) is 93.7 cm³/mol. The Morgan fingerprint density at radius 2 is 1.96 bits per heavy atom. The van der Waals surface area contributed by atoms with E-state index in [2.05, 4.69) is 20.0 Å². The summed E-state index contributed by atoms with van der Waals surface area (Å²) >= 11 is 0. The van der Waals surface area contributed by atoms with Gasteiger partial charge >= 0.3 is 13.8 Å². The van der Waals surface area contributed by atoms with Gasteiger partial charge in [0.2, 0.25) is 5.78 Å². The zero-order valence-corrected chi connectivity index (χ0v) is 14.7. The Kier molecular flexibility index (Phi) is 6.13. The highest BCUT2D eigenvalue weighted by Gasteiger charge is 2.28. The molecule has 11 nitrogen and oxygen atoms in total. The third-order valence-electron chi connectivity index (χ3n) is 3.36. The number of hydrogen-bond donors (Lipinski definition) is 4. The number of benzene rings is 1. The molecule has 0 bridgehead atoms. The molecule has 1 aromatic carbocycles. The number of ketones is 1. The average Bonchev–Trinajstić information content (AvgIpc) is 2.60. The maximum Gasteiger partial charge on any atom is 0.469 e. The fourth-order valence-electron chi connectivity index (χ4n) is 2.04. The van der Waals surface area contributed by atoms with Gasteiger partial charge in [-0.3, -0.25) is 19.5 Å². The smallest absolute Gasteiger partial charge is 0.469 e. The number of anilines is 1. The molecule has 0 amide bonds. The van der Waals surface area contributed by atoms with E-state index < -0.39 is 26.2 Å². The molecule has 4 N–H and O–H groups in total. The molecule has 142 valence electrons. The van der Waals surface area contributed by atoms with Gasteiger partial charge in [-0.2, -0.15) is 5.10 Å². The summed E-state index contributed by atoms with van der Waals surface area (Å²) in [6, 6.07) is 5.50. The van der Waals surface area contributed by atoms with Gasteiger partial charge in [-0.25, -0.2) is 14.4 Å². The maximum atomic E-state index is 12.0. The number of aliphatic imine (C=N–C) groups is 1. The minimum absolute atomic E-state index is 0.0428. The van der Waals surface area contributed by atoms with E-state index in [1.54, 1.807) is 0 Å². The molecule has 1 aliphatic rings. The average molecular weight is 395 g/mol. The van der Waals surface area contributed by atoms with E-state index in [0.717, 1.165) is 0 Å². The molecule has 0 aromatic heterocycles. The third-order valence-corrected chi connectivity index (χ3v) is 3.82. The van der Waals surface area contributed by atoms with E-state index in [1.807, 2.05) is 0 Å². The van der Waals surface area contributed by atoms with Crippen molar-refractivity contribution in [3.8, 4) is 0 Å². The van der Waals surface area contributed by atoms with Crippen molar-refractivity contribution in [3.63, 3.8) is 0 Å². The topological polar surface area (TPSA) is 175 Å². The van der Waals surface area contributed by atoms with Crippen LogP contribution in [0.5, 0.6) is 0 Å². The molecule has 27 heavy (non-hydrogen) atoms. The number of carboxylic acid groups (broad SMARTS) is 1. The number of Topliss-reactive ketones (excluding diaryl/α,β-unsaturated/α-hetero) is 1. The van der Waals surface area contributed by atoms with Crippen molar-refractivity contribution in [2.75, 3.05) is 12.0 Å². The fourth-order valence-corrected chi connectivity index (χ4v) is 2.34. The Balaban J connectivity index is 2.34. The molecule has 0 atom stereocenters. The lowest BCUT2D eigenvalue weighted by Crippen LogP contribution is -2.27. The molecule has 1 aromatic rings. The second-order valence-corrected chi connectivity index (χ2v) is 6.47. The standard InChI is InChI=1S/C15H14N3O8P/c1-8-13(20)11(6-19)12(7-26-27(23,24)25)14(16-8)18-17-10-4-2-9(3-5-10)15(21)22/h2-6,17H,7H2,1H3,(H,21,22)(H2,23,24,25)/b18-14-. The molecule has 0 fully saturated rings. The van der Waals surface area contributed by atoms with Crippen molar-refractivity contribution in [1.82, 2.24) is 0 Å². The Hall–Kier alpha value is -2.98. The molecule has 1 heterocycles. The summed E-state index contributed by atoms with van der Waals surface area (Å²) in [5, 5.41) is 12.8. The number of aromatic carboxylic acids is 1. The number of amidine groups is 1. The van der Waals surface area contributed by atoms with Crippen LogP contribution in [0.4, 0.5) is 5.69 Å². The van der Waals surface area contributed by atoms with Crippen LogP contribution in [0, 0.1) is 0 Å². The molecule has 0 unspecified atom stereocenters. The number of carbonyl (C=O) groups is 3. The first kappa shape index (κ1) is 20.3. The zero-order chi connectivity index (χ0) is 20.2. The Morgan fingerprint density at radius 3 is 2.48 bits per heavy atom. The number of nitrogens with one attached hydrogen (secondary N) is 1. The van der Waals surface area contributed by atoms with Crippen LogP contribution in [-0.2, 0) is 18.7 Å². The minimum atomic E-state index is -4.86. The van der Waals surface area contributed by atoms with E-state index in [0.29, 0.717) is 5.69 Å². The number of hydrogen-bond acceptors (Lipinski definition) is 7. The lowest BCUT2D eigenvalue weighted by molar-refractivity contribution is -0.113. The summed E-state index contributed by atoms with van der Waals surface area (Å²) < 4.78 is 15.3. The second kappa shape index (κ2) is 8.14. The largest absolute Gasteiger partial charge is 0.478 e. The summed E-state index contributed by atoms with van der Waals surface area (Å²) in [7, 11) is -4.86. The van der Waals surface area contributed by atoms with Gasteiger partial charge in [0.15, 0.2) is 12.1 Å². The number of allylic oxidation sites excluding steroid dienone is 1. The first-order valence-corrected chi connectivity index (χ1v) is 8.81. The quantitative estimate of drug-likeness (QED) is 0.225. The molecule has 0 aliphatic carbocycles. The van der Waals surface area contributed by atoms with Gasteiger partial charge in [-0.15, -0.1) is 0 Å². The number of aldehydes is 1. The zero-order valence-electron chi connectivity index (χ0n) is 13.8. The van der Waals surface area contributed by atoms with E-state index in [9.17, 15) is 18.9 Å². The van der Waals surface area contributed by atoms with Crippen molar-refractivity contribution in [2.45, 2.75) is 6.92 Å². The molecule has 0 spiro atoms. The summed E-state index contributed by atoms with van der Waals surface area (Å²) in [6.45, 7) is 0.586. The first-order chi connectivity index (χ1) is 12.6. The van der Waals surface area contributed by atoms with Crippen molar-refractivity contribution >= 4 is 43.1 Å². The van der Waals surface area contributed by atoms with Gasteiger partial charge in [0.1, 0.15) is 0 Å². The van der Waals surface area contributed by atoms with Crippen molar-refractivity contribution in [1.29, 1.82) is 0 Å². The number of carboxylic acids is 1. The predicted octanol–water partition coefficient (Wildman–Crippen LogP) is 0.759. The normalized spacial score (nSPS) is 16.3. The Bertz CT molecular complexity index is 927. The van der Waals surface area contributed by atoms with Crippen LogP contribution in [0.25, 0.3) is 0 Å². The monoisotopic (exact) mass is 395 g/mol. The second-order valence-electron chi connectivity index (χ2n) is 5.23. The Labute approximate surface area is 152 Å². The lowest BCUT2D eigenvalue weighted by atomic mass is 9.99. The third kappa shape index (κ3) is 5.25. The van der Waals surface area contributed by atoms with Crippen LogP contribution in [0.1, 0.15) is 17.3 Å². The number of phosphoric ester groups is 1. The summed E-state index contributed by atoms with van der Waals surface area (Å²) in [5.41, 5.74) is 2.38. The van der Waals surface area contributed by atoms with Gasteiger partial charge in [-0.05, 0) is 31.2 Å². The van der Waals surface area contributed by atoms with Crippen LogP contribution in [0.2, 0.25) is 0 Å². The summed E-state index contributed by atoms with van der Waals surface area (Å²) in [5.74, 6) is -1.99. The highest BCUT2D eigenvalue weighted by Crippen LogP contribution is 2.36. The van der Waals surface area contributed by atoms with E-state index in [1.165, 1.54) is 31.2 Å². The molecule has 0 saturated heterocycles. The van der Waals surface area contributed by atoms with Crippen LogP contribution in [0.15, 0.2) is 45.5 Å². The van der Waals surface area contributed by atoms with E-state index in [4.69, 9.17) is 14.9 Å². The van der Waals surface area contributed by atoms with Gasteiger partial charge in [0, 0.05) is 5.57 Å². The molecule has 0 radical (unpaired) electrons. The number of hydrazone groups is 1. The van der Waals surface area contributed by atoms with Gasteiger partial charge in [0.05, 0.1) is 29.1 Å². The molecule has 12 heteroatoms. The lowest BCUT2D eigenvalue weighted by Gasteiger charge is -2.16. The number of rotatable bonds is 7. The molecule has 2 rings (SSSR count). The molecule has 1 aliphatic heterocycles. The van der Waals surface area contributed by atoms with Gasteiger partial charge in [-0.1, -0.05) is 0 Å². The first-order valence-electron chi connectivity index (χ1n) is 7.28. The SMILES string of the molecule is CC1=N/C(=N\Nc2ccc(C(=O)O)cc2)C(COP(=O)(O)O)=C(C=O)C1=O. The molecule has 0 saturated carbocycles. The van der Waals surface area contributed by atoms with Crippen LogP contribution in [-0.4, -0.2) is 51.1 Å². The number of phosphoric acid groups is 1. The minimum Gasteiger partial charge on any atom is -0.478 e. The molecular formula is C15H14N3O8P. The number of nitrogens with zero attached hydrogens (tertiary/aromatic N) is 2. The fraction of sp³-hybridized carbons (Fsp3) is 0.133. The highest BCUT2D eigenvalue weighted by atomic mass is 31.2. The maximum absolute atomic E-state index is 12.0. The van der Waals surface area contributed by atoms with Crippen LogP contribution >= 0.6 is 7.82 Å².